The number of likely N-dealkylation sites (N-methyl/N-ethyl adjacent to an activating group) is 2. The van der Waals surface area contributed by atoms with Gasteiger partial charge in [-0.05, 0) is 24.7 Å². The van der Waals surface area contributed by atoms with Gasteiger partial charge in [-0.2, -0.15) is 0 Å². The topological polar surface area (TPSA) is 60.0 Å². The van der Waals surface area contributed by atoms with Crippen molar-refractivity contribution in [3.8, 4) is 0 Å². The van der Waals surface area contributed by atoms with Gasteiger partial charge in [0.25, 0.3) is 0 Å². The van der Waals surface area contributed by atoms with Crippen molar-refractivity contribution in [1.82, 2.24) is 20.4 Å². The molecule has 6 nitrogen and oxygen atoms in total. The maximum Gasteiger partial charge on any atom is 0.243 e. The summed E-state index contributed by atoms with van der Waals surface area (Å²) >= 11 is 6.45. The molecule has 0 aromatic heterocycles. The first-order chi connectivity index (χ1) is 12.9. The Kier molecular flexibility index (Phi) is 14.0. The van der Waals surface area contributed by atoms with Crippen molar-refractivity contribution >= 4 is 47.4 Å². The monoisotopic (exact) mass is 521 g/mol. The van der Waals surface area contributed by atoms with Crippen molar-refractivity contribution in [2.45, 2.75) is 19.9 Å². The highest BCUT2D eigenvalue weighted by molar-refractivity contribution is 14.0. The first-order valence-electron chi connectivity index (χ1n) is 9.26. The van der Waals surface area contributed by atoms with Gasteiger partial charge in [0.15, 0.2) is 5.96 Å². The number of nitrogens with zero attached hydrogens (tertiary/aromatic N) is 3. The van der Waals surface area contributed by atoms with Gasteiger partial charge in [0.2, 0.25) is 5.91 Å². The van der Waals surface area contributed by atoms with E-state index in [1.54, 1.807) is 20.2 Å². The van der Waals surface area contributed by atoms with Gasteiger partial charge >= 0.3 is 0 Å². The van der Waals surface area contributed by atoms with Crippen molar-refractivity contribution in [1.29, 1.82) is 0 Å². The van der Waals surface area contributed by atoms with Crippen molar-refractivity contribution in [2.75, 3.05) is 46.8 Å². The van der Waals surface area contributed by atoms with Crippen LogP contribution in [-0.4, -0.2) is 68.5 Å². The third-order valence-electron chi connectivity index (χ3n) is 4.27. The van der Waals surface area contributed by atoms with Gasteiger partial charge in [-0.15, -0.1) is 30.6 Å². The van der Waals surface area contributed by atoms with Crippen LogP contribution in [0.15, 0.2) is 41.9 Å². The number of halogens is 2. The van der Waals surface area contributed by atoms with E-state index < -0.39 is 0 Å². The molecule has 8 heteroatoms. The Morgan fingerprint density at radius 1 is 1.25 bits per heavy atom. The number of nitrogens with one attached hydrogen (secondary N) is 2. The molecule has 158 valence electrons. The first kappa shape index (κ1) is 26.7. The smallest absolute Gasteiger partial charge is 0.243 e. The van der Waals surface area contributed by atoms with E-state index in [0.717, 1.165) is 23.7 Å². The third-order valence-corrected chi connectivity index (χ3v) is 4.61. The molecule has 1 aromatic rings. The summed E-state index contributed by atoms with van der Waals surface area (Å²) in [5.41, 5.74) is 1.07. The number of aliphatic imine (C=N–C) groups is 1. The Bertz CT molecular complexity index is 635. The largest absolute Gasteiger partial charge is 0.354 e. The van der Waals surface area contributed by atoms with Gasteiger partial charge in [0, 0.05) is 32.2 Å². The molecule has 2 N–H and O–H groups in total. The predicted molar refractivity (Wildman–Crippen MR) is 130 cm³/mol. The van der Waals surface area contributed by atoms with Crippen molar-refractivity contribution in [3.05, 3.63) is 47.5 Å². The fourth-order valence-corrected chi connectivity index (χ4v) is 2.93. The molecule has 1 amide bonds. The average molecular weight is 522 g/mol. The van der Waals surface area contributed by atoms with Gasteiger partial charge in [0.1, 0.15) is 6.54 Å². The molecule has 0 aliphatic heterocycles. The molecule has 0 aliphatic carbocycles. The van der Waals surface area contributed by atoms with Crippen molar-refractivity contribution in [3.63, 3.8) is 0 Å². The molecule has 28 heavy (non-hydrogen) atoms. The molecular formula is C20H33ClIN5O. The van der Waals surface area contributed by atoms with Gasteiger partial charge in [-0.1, -0.05) is 49.7 Å². The molecule has 1 unspecified atom stereocenters. The summed E-state index contributed by atoms with van der Waals surface area (Å²) < 4.78 is 0. The number of carbonyl (C=O) groups excluding carboxylic acids is 1. The Morgan fingerprint density at radius 3 is 2.43 bits per heavy atom. The maximum atomic E-state index is 11.8. The minimum atomic E-state index is -0.0545. The molecule has 1 aromatic carbocycles. The van der Waals surface area contributed by atoms with E-state index in [4.69, 9.17) is 11.6 Å². The van der Waals surface area contributed by atoms with Crippen LogP contribution >= 0.6 is 35.6 Å². The van der Waals surface area contributed by atoms with Crippen LogP contribution in [0.4, 0.5) is 0 Å². The molecule has 1 rings (SSSR count). The maximum absolute atomic E-state index is 11.8. The Balaban J connectivity index is 0.00000729. The summed E-state index contributed by atoms with van der Waals surface area (Å²) in [6.45, 7) is 11.1. The van der Waals surface area contributed by atoms with E-state index >= 15 is 0 Å². The van der Waals surface area contributed by atoms with E-state index in [-0.39, 0.29) is 42.5 Å². The van der Waals surface area contributed by atoms with Crippen LogP contribution in [0.2, 0.25) is 5.02 Å². The Morgan fingerprint density at radius 2 is 1.89 bits per heavy atom. The number of guanidine groups is 1. The lowest BCUT2D eigenvalue weighted by Gasteiger charge is -2.31. The lowest BCUT2D eigenvalue weighted by molar-refractivity contribution is -0.127. The van der Waals surface area contributed by atoms with Crippen LogP contribution in [-0.2, 0) is 4.79 Å². The standard InChI is InChI=1S/C20H32ClN5O.HI/c1-6-13-22-20(24-15-19(27)25(4)5)23-14-18(26(7-2)8-3)16-11-9-10-12-17(16)21;/h6,9-12,18H,1,7-8,13-15H2,2-5H3,(H2,22,23,24);1H. The highest BCUT2D eigenvalue weighted by atomic mass is 127. The van der Waals surface area contributed by atoms with E-state index in [1.165, 1.54) is 4.90 Å². The molecule has 0 spiro atoms. The summed E-state index contributed by atoms with van der Waals surface area (Å²) in [5, 5.41) is 7.25. The van der Waals surface area contributed by atoms with E-state index in [9.17, 15) is 4.79 Å². The summed E-state index contributed by atoms with van der Waals surface area (Å²) in [6.07, 6.45) is 1.75. The molecule has 0 fully saturated rings. The van der Waals surface area contributed by atoms with Crippen LogP contribution in [0.5, 0.6) is 0 Å². The molecule has 0 saturated heterocycles. The summed E-state index contributed by atoms with van der Waals surface area (Å²) in [5.74, 6) is 0.524. The van der Waals surface area contributed by atoms with E-state index in [2.05, 4.69) is 47.0 Å². The number of amides is 1. The predicted octanol–water partition coefficient (Wildman–Crippen LogP) is 3.15. The zero-order chi connectivity index (χ0) is 20.2. The van der Waals surface area contributed by atoms with Gasteiger partial charge in [-0.3, -0.25) is 9.69 Å². The molecule has 0 bridgehead atoms. The van der Waals surface area contributed by atoms with Gasteiger partial charge in [0.05, 0.1) is 6.04 Å². The number of hydrogen-bond acceptors (Lipinski definition) is 3. The SMILES string of the molecule is C=CCNC(=NCC(=O)N(C)C)NCC(c1ccccc1Cl)N(CC)CC.I. The molecule has 0 saturated carbocycles. The number of rotatable bonds is 10. The third kappa shape index (κ3) is 8.79. The average Bonchev–Trinajstić information content (AvgIpc) is 2.66. The number of benzene rings is 1. The second-order valence-corrected chi connectivity index (χ2v) is 6.67. The van der Waals surface area contributed by atoms with Crippen LogP contribution in [0.25, 0.3) is 0 Å². The molecule has 1 atom stereocenters. The summed E-state index contributed by atoms with van der Waals surface area (Å²) in [4.78, 5) is 20.1. The molecule has 0 heterocycles. The lowest BCUT2D eigenvalue weighted by atomic mass is 10.0. The highest BCUT2D eigenvalue weighted by Gasteiger charge is 2.20. The Labute approximate surface area is 191 Å². The van der Waals surface area contributed by atoms with E-state index in [0.29, 0.717) is 19.0 Å². The minimum Gasteiger partial charge on any atom is -0.354 e. The normalized spacial score (nSPS) is 12.1. The van der Waals surface area contributed by atoms with Crippen LogP contribution in [0.1, 0.15) is 25.5 Å². The quantitative estimate of drug-likeness (QED) is 0.215. The molecule has 0 radical (unpaired) electrons. The van der Waals surface area contributed by atoms with Crippen LogP contribution in [0, 0.1) is 0 Å². The molecule has 0 aliphatic rings. The van der Waals surface area contributed by atoms with Crippen LogP contribution in [0.3, 0.4) is 0 Å². The second-order valence-electron chi connectivity index (χ2n) is 6.26. The lowest BCUT2D eigenvalue weighted by Crippen LogP contribution is -2.44. The zero-order valence-corrected chi connectivity index (χ0v) is 20.3. The molecular weight excluding hydrogens is 489 g/mol. The first-order valence-corrected chi connectivity index (χ1v) is 9.64. The number of hydrogen-bond donors (Lipinski definition) is 2. The van der Waals surface area contributed by atoms with Gasteiger partial charge in [-0.25, -0.2) is 4.99 Å². The summed E-state index contributed by atoms with van der Waals surface area (Å²) in [7, 11) is 3.44. The highest BCUT2D eigenvalue weighted by Crippen LogP contribution is 2.26. The minimum absolute atomic E-state index is 0. The van der Waals surface area contributed by atoms with Gasteiger partial charge < -0.3 is 15.5 Å². The van der Waals surface area contributed by atoms with E-state index in [1.807, 2.05) is 18.2 Å². The van der Waals surface area contributed by atoms with Crippen molar-refractivity contribution < 1.29 is 4.79 Å². The zero-order valence-electron chi connectivity index (χ0n) is 17.2. The van der Waals surface area contributed by atoms with Crippen molar-refractivity contribution in [2.24, 2.45) is 4.99 Å². The number of carbonyl (C=O) groups is 1. The summed E-state index contributed by atoms with van der Waals surface area (Å²) in [6, 6.07) is 7.99. The van der Waals surface area contributed by atoms with Crippen LogP contribution < -0.4 is 10.6 Å². The fourth-order valence-electron chi connectivity index (χ4n) is 2.67. The Hall–Kier alpha value is -1.32. The fraction of sp³-hybridized carbons (Fsp3) is 0.500. The second kappa shape index (κ2) is 14.6.